The van der Waals surface area contributed by atoms with Gasteiger partial charge in [-0.3, -0.25) is 4.79 Å². The van der Waals surface area contributed by atoms with E-state index in [9.17, 15) is 4.79 Å². The first-order chi connectivity index (χ1) is 11.0. The van der Waals surface area contributed by atoms with Crippen LogP contribution in [0.3, 0.4) is 0 Å². The number of hydrogen-bond acceptors (Lipinski definition) is 2. The summed E-state index contributed by atoms with van der Waals surface area (Å²) in [5.74, 6) is -0.247. The third-order valence-corrected chi connectivity index (χ3v) is 4.46. The Morgan fingerprint density at radius 3 is 2.26 bits per heavy atom. The molecule has 0 aliphatic carbocycles. The summed E-state index contributed by atoms with van der Waals surface area (Å²) in [6, 6.07) is 15.8. The minimum absolute atomic E-state index is 0.00703. The maximum atomic E-state index is 12.3. The average Bonchev–Trinajstić information content (AvgIpc) is 2.56. The lowest BCUT2D eigenvalue weighted by atomic mass is 9.94. The highest BCUT2D eigenvalue weighted by Gasteiger charge is 2.21. The highest BCUT2D eigenvalue weighted by molar-refractivity contribution is 5.79. The van der Waals surface area contributed by atoms with Gasteiger partial charge in [-0.1, -0.05) is 55.5 Å². The predicted molar refractivity (Wildman–Crippen MR) is 95.2 cm³/mol. The maximum Gasteiger partial charge on any atom is 0.224 e. The number of carbonyl (C=O) groups is 1. The number of carbonyl (C=O) groups excluding carboxylic acids is 1. The summed E-state index contributed by atoms with van der Waals surface area (Å²) in [5, 5.41) is 3.02. The number of benzene rings is 2. The van der Waals surface area contributed by atoms with Crippen LogP contribution in [-0.2, 0) is 11.2 Å². The average molecular weight is 310 g/mol. The van der Waals surface area contributed by atoms with Gasteiger partial charge in [0.1, 0.15) is 0 Å². The Kier molecular flexibility index (Phi) is 5.94. The van der Waals surface area contributed by atoms with Crippen LogP contribution in [0.15, 0.2) is 48.5 Å². The molecule has 0 spiro atoms. The van der Waals surface area contributed by atoms with Crippen molar-refractivity contribution in [3.8, 4) is 0 Å². The van der Waals surface area contributed by atoms with Gasteiger partial charge in [0.15, 0.2) is 0 Å². The van der Waals surface area contributed by atoms with Crippen molar-refractivity contribution in [3.63, 3.8) is 0 Å². The van der Waals surface area contributed by atoms with Gasteiger partial charge < -0.3 is 11.1 Å². The first-order valence-electron chi connectivity index (χ1n) is 8.14. The zero-order valence-electron chi connectivity index (χ0n) is 14.2. The fourth-order valence-corrected chi connectivity index (χ4v) is 2.84. The van der Waals surface area contributed by atoms with Gasteiger partial charge in [0.05, 0.1) is 5.92 Å². The quantitative estimate of drug-likeness (QED) is 0.860. The van der Waals surface area contributed by atoms with Crippen LogP contribution >= 0.6 is 0 Å². The van der Waals surface area contributed by atoms with Gasteiger partial charge in [-0.15, -0.1) is 0 Å². The molecular weight excluding hydrogens is 284 g/mol. The van der Waals surface area contributed by atoms with Crippen molar-refractivity contribution >= 4 is 5.91 Å². The molecule has 2 aromatic carbocycles. The standard InChI is InChI=1S/C20H26N2O/c1-14-8-7-9-15(2)18(14)12-13-22-20(23)16(3)19(21)17-10-5-4-6-11-17/h4-11,16,19H,12-13,21H2,1-3H3,(H,22,23). The van der Waals surface area contributed by atoms with Gasteiger partial charge in [0.25, 0.3) is 0 Å². The molecule has 2 atom stereocenters. The molecule has 3 nitrogen and oxygen atoms in total. The van der Waals surface area contributed by atoms with Crippen molar-refractivity contribution in [2.24, 2.45) is 11.7 Å². The number of nitrogens with two attached hydrogens (primary N) is 1. The van der Waals surface area contributed by atoms with Crippen molar-refractivity contribution in [1.29, 1.82) is 0 Å². The number of nitrogens with one attached hydrogen (secondary N) is 1. The van der Waals surface area contributed by atoms with Gasteiger partial charge in [-0.25, -0.2) is 0 Å². The molecule has 0 bridgehead atoms. The van der Waals surface area contributed by atoms with Crippen LogP contribution < -0.4 is 11.1 Å². The van der Waals surface area contributed by atoms with E-state index in [2.05, 4.69) is 37.4 Å². The van der Waals surface area contributed by atoms with Crippen LogP contribution in [0.25, 0.3) is 0 Å². The highest BCUT2D eigenvalue weighted by Crippen LogP contribution is 2.19. The Labute approximate surface area is 138 Å². The molecule has 0 radical (unpaired) electrons. The Bertz CT molecular complexity index is 632. The van der Waals surface area contributed by atoms with Gasteiger partial charge in [-0.05, 0) is 42.5 Å². The van der Waals surface area contributed by atoms with Crippen LogP contribution in [0.5, 0.6) is 0 Å². The molecule has 2 aromatic rings. The van der Waals surface area contributed by atoms with Gasteiger partial charge in [0.2, 0.25) is 5.91 Å². The van der Waals surface area contributed by atoms with Gasteiger partial charge in [-0.2, -0.15) is 0 Å². The van der Waals surface area contributed by atoms with Gasteiger partial charge >= 0.3 is 0 Å². The van der Waals surface area contributed by atoms with Gasteiger partial charge in [0, 0.05) is 12.6 Å². The van der Waals surface area contributed by atoms with E-state index >= 15 is 0 Å². The lowest BCUT2D eigenvalue weighted by molar-refractivity contribution is -0.125. The van der Waals surface area contributed by atoms with Crippen molar-refractivity contribution in [1.82, 2.24) is 5.32 Å². The van der Waals surface area contributed by atoms with Crippen molar-refractivity contribution in [2.45, 2.75) is 33.2 Å². The summed E-state index contributed by atoms with van der Waals surface area (Å²) >= 11 is 0. The molecule has 0 heterocycles. The number of hydrogen-bond donors (Lipinski definition) is 2. The van der Waals surface area contributed by atoms with E-state index in [1.165, 1.54) is 16.7 Å². The van der Waals surface area contributed by atoms with E-state index in [0.29, 0.717) is 6.54 Å². The zero-order chi connectivity index (χ0) is 16.8. The second-order valence-electron chi connectivity index (χ2n) is 6.14. The molecule has 2 unspecified atom stereocenters. The highest BCUT2D eigenvalue weighted by atomic mass is 16.1. The normalized spacial score (nSPS) is 13.4. The Balaban J connectivity index is 1.89. The minimum atomic E-state index is -0.281. The summed E-state index contributed by atoms with van der Waals surface area (Å²) in [6.45, 7) is 6.73. The van der Waals surface area contributed by atoms with Crippen LogP contribution in [0.4, 0.5) is 0 Å². The third kappa shape index (κ3) is 4.42. The molecule has 122 valence electrons. The summed E-state index contributed by atoms with van der Waals surface area (Å²) in [6.07, 6.45) is 0.845. The molecule has 0 aliphatic heterocycles. The SMILES string of the molecule is Cc1cccc(C)c1CCNC(=O)C(C)C(N)c1ccccc1. The minimum Gasteiger partial charge on any atom is -0.355 e. The van der Waals surface area contributed by atoms with E-state index in [0.717, 1.165) is 12.0 Å². The molecule has 0 fully saturated rings. The molecule has 0 aromatic heterocycles. The monoisotopic (exact) mass is 310 g/mol. The maximum absolute atomic E-state index is 12.3. The molecule has 0 saturated carbocycles. The van der Waals surface area contributed by atoms with E-state index in [1.807, 2.05) is 37.3 Å². The summed E-state index contributed by atoms with van der Waals surface area (Å²) in [5.41, 5.74) is 11.1. The lowest BCUT2D eigenvalue weighted by Crippen LogP contribution is -2.36. The van der Waals surface area contributed by atoms with E-state index in [1.54, 1.807) is 0 Å². The largest absolute Gasteiger partial charge is 0.355 e. The van der Waals surface area contributed by atoms with Crippen molar-refractivity contribution in [3.05, 3.63) is 70.8 Å². The topological polar surface area (TPSA) is 55.1 Å². The molecule has 3 N–H and O–H groups in total. The fourth-order valence-electron chi connectivity index (χ4n) is 2.84. The zero-order valence-corrected chi connectivity index (χ0v) is 14.2. The fraction of sp³-hybridized carbons (Fsp3) is 0.350. The first kappa shape index (κ1) is 17.2. The molecule has 3 heteroatoms. The van der Waals surface area contributed by atoms with Crippen LogP contribution in [0.1, 0.15) is 35.2 Å². The van der Waals surface area contributed by atoms with E-state index in [-0.39, 0.29) is 17.9 Å². The molecule has 0 aliphatic rings. The number of rotatable bonds is 6. The molecule has 23 heavy (non-hydrogen) atoms. The van der Waals surface area contributed by atoms with Crippen molar-refractivity contribution in [2.75, 3.05) is 6.54 Å². The second-order valence-corrected chi connectivity index (χ2v) is 6.14. The van der Waals surface area contributed by atoms with Crippen LogP contribution in [0, 0.1) is 19.8 Å². The third-order valence-electron chi connectivity index (χ3n) is 4.46. The predicted octanol–water partition coefficient (Wildman–Crippen LogP) is 3.30. The Morgan fingerprint density at radius 2 is 1.65 bits per heavy atom. The summed E-state index contributed by atoms with van der Waals surface area (Å²) in [7, 11) is 0. The Morgan fingerprint density at radius 1 is 1.04 bits per heavy atom. The summed E-state index contributed by atoms with van der Waals surface area (Å²) in [4.78, 5) is 12.3. The van der Waals surface area contributed by atoms with E-state index in [4.69, 9.17) is 5.73 Å². The van der Waals surface area contributed by atoms with E-state index < -0.39 is 0 Å². The smallest absolute Gasteiger partial charge is 0.224 e. The Hall–Kier alpha value is -2.13. The first-order valence-corrected chi connectivity index (χ1v) is 8.14. The van der Waals surface area contributed by atoms with Crippen molar-refractivity contribution < 1.29 is 4.79 Å². The second kappa shape index (κ2) is 7.93. The number of aryl methyl sites for hydroxylation is 2. The lowest BCUT2D eigenvalue weighted by Gasteiger charge is -2.20. The summed E-state index contributed by atoms with van der Waals surface area (Å²) < 4.78 is 0. The van der Waals surface area contributed by atoms with Crippen LogP contribution in [-0.4, -0.2) is 12.5 Å². The molecular formula is C20H26N2O. The molecule has 0 saturated heterocycles. The molecule has 2 rings (SSSR count). The molecule has 1 amide bonds. The van der Waals surface area contributed by atoms with Crippen LogP contribution in [0.2, 0.25) is 0 Å². The number of amides is 1.